The van der Waals surface area contributed by atoms with Gasteiger partial charge in [0.05, 0.1) is 11.9 Å². The minimum Gasteiger partial charge on any atom is -0.318 e. The third-order valence-electron chi connectivity index (χ3n) is 4.30. The van der Waals surface area contributed by atoms with Crippen molar-refractivity contribution in [2.24, 2.45) is 13.0 Å². The van der Waals surface area contributed by atoms with Crippen LogP contribution < -0.4 is 10.3 Å². The van der Waals surface area contributed by atoms with Crippen molar-refractivity contribution in [1.29, 1.82) is 0 Å². The van der Waals surface area contributed by atoms with Crippen molar-refractivity contribution in [3.63, 3.8) is 0 Å². The van der Waals surface area contributed by atoms with E-state index < -0.39 is 10.0 Å². The summed E-state index contributed by atoms with van der Waals surface area (Å²) >= 11 is 0. The fourth-order valence-corrected chi connectivity index (χ4v) is 3.26. The highest BCUT2D eigenvalue weighted by molar-refractivity contribution is 7.91. The molecule has 0 aliphatic heterocycles. The highest BCUT2D eigenvalue weighted by atomic mass is 32.2. The Labute approximate surface area is 147 Å². The molecule has 0 spiro atoms. The maximum absolute atomic E-state index is 12.0. The van der Waals surface area contributed by atoms with Gasteiger partial charge in [-0.3, -0.25) is 9.52 Å². The van der Waals surface area contributed by atoms with Gasteiger partial charge >= 0.3 is 0 Å². The molecule has 0 atom stereocenters. The summed E-state index contributed by atoms with van der Waals surface area (Å²) < 4.78 is 26.8. The Morgan fingerprint density at radius 3 is 2.68 bits per heavy atom. The second kappa shape index (κ2) is 6.59. The Hall–Kier alpha value is -2.22. The van der Waals surface area contributed by atoms with Gasteiger partial charge in [-0.15, -0.1) is 0 Å². The van der Waals surface area contributed by atoms with Gasteiger partial charge in [0, 0.05) is 30.6 Å². The van der Waals surface area contributed by atoms with E-state index in [0.29, 0.717) is 11.3 Å². The van der Waals surface area contributed by atoms with E-state index in [0.717, 1.165) is 36.1 Å². The largest absolute Gasteiger partial charge is 0.318 e. The Morgan fingerprint density at radius 2 is 2.08 bits per heavy atom. The molecule has 0 aromatic carbocycles. The minimum atomic E-state index is -3.46. The molecule has 1 saturated carbocycles. The van der Waals surface area contributed by atoms with Crippen LogP contribution in [0, 0.1) is 12.8 Å². The van der Waals surface area contributed by atoms with Crippen LogP contribution >= 0.6 is 0 Å². The van der Waals surface area contributed by atoms with Crippen LogP contribution in [0.3, 0.4) is 0 Å². The molecule has 0 amide bonds. The van der Waals surface area contributed by atoms with E-state index >= 15 is 0 Å². The van der Waals surface area contributed by atoms with Gasteiger partial charge in [0.25, 0.3) is 5.56 Å². The molecule has 3 rings (SSSR count). The van der Waals surface area contributed by atoms with Crippen LogP contribution in [0.25, 0.3) is 11.3 Å². The number of aromatic nitrogens is 3. The lowest BCUT2D eigenvalue weighted by molar-refractivity contribution is 0.606. The van der Waals surface area contributed by atoms with Gasteiger partial charge in [-0.1, -0.05) is 12.8 Å². The summed E-state index contributed by atoms with van der Waals surface area (Å²) in [6.45, 7) is 1.76. The van der Waals surface area contributed by atoms with Gasteiger partial charge in [0.2, 0.25) is 16.0 Å². The van der Waals surface area contributed by atoms with Crippen LogP contribution in [0.2, 0.25) is 0 Å². The molecule has 1 fully saturated rings. The molecule has 2 aromatic rings. The van der Waals surface area contributed by atoms with Crippen molar-refractivity contribution in [1.82, 2.24) is 14.5 Å². The summed E-state index contributed by atoms with van der Waals surface area (Å²) in [6.07, 6.45) is 8.90. The van der Waals surface area contributed by atoms with Crippen LogP contribution in [-0.4, -0.2) is 29.2 Å². The Morgan fingerprint density at radius 1 is 1.36 bits per heavy atom. The molecule has 25 heavy (non-hydrogen) atoms. The molecule has 1 aliphatic carbocycles. The molecule has 0 unspecified atom stereocenters. The van der Waals surface area contributed by atoms with Crippen LogP contribution in [0.5, 0.6) is 0 Å². The van der Waals surface area contributed by atoms with E-state index in [9.17, 15) is 13.2 Å². The number of hydrogen-bond acceptors (Lipinski definition) is 5. The topological polar surface area (TPSA) is 93.9 Å². The summed E-state index contributed by atoms with van der Waals surface area (Å²) in [5.74, 6) is 0.808. The Bertz CT molecular complexity index is 936. The molecule has 0 bridgehead atoms. The van der Waals surface area contributed by atoms with Gasteiger partial charge in [0.15, 0.2) is 0 Å². The van der Waals surface area contributed by atoms with Crippen LogP contribution in [0.15, 0.2) is 23.3 Å². The van der Waals surface area contributed by atoms with Crippen molar-refractivity contribution < 1.29 is 8.42 Å². The van der Waals surface area contributed by atoms with Gasteiger partial charge < -0.3 is 4.57 Å². The fraction of sp³-hybridized carbons (Fsp3) is 0.471. The van der Waals surface area contributed by atoms with Crippen molar-refractivity contribution in [3.8, 4) is 11.3 Å². The first-order valence-corrected chi connectivity index (χ1v) is 10.1. The van der Waals surface area contributed by atoms with Crippen LogP contribution in [0.1, 0.15) is 30.4 Å². The minimum absolute atomic E-state index is 0.0409. The molecule has 134 valence electrons. The summed E-state index contributed by atoms with van der Waals surface area (Å²) in [6, 6.07) is 1.79. The van der Waals surface area contributed by atoms with E-state index in [1.54, 1.807) is 32.4 Å². The van der Waals surface area contributed by atoms with Crippen LogP contribution in [0.4, 0.5) is 5.95 Å². The van der Waals surface area contributed by atoms with Gasteiger partial charge in [-0.25, -0.2) is 18.4 Å². The Kier molecular flexibility index (Phi) is 4.64. The number of anilines is 1. The third kappa shape index (κ3) is 4.45. The van der Waals surface area contributed by atoms with Crippen molar-refractivity contribution >= 4 is 16.0 Å². The normalized spacial score (nSPS) is 14.5. The lowest BCUT2D eigenvalue weighted by Gasteiger charge is -2.12. The molecule has 2 aromatic heterocycles. The smallest absolute Gasteiger partial charge is 0.253 e. The second-order valence-corrected chi connectivity index (χ2v) is 8.50. The highest BCUT2D eigenvalue weighted by Gasteiger charge is 2.22. The number of pyridine rings is 1. The molecule has 0 radical (unpaired) electrons. The maximum atomic E-state index is 12.0. The first kappa shape index (κ1) is 17.6. The number of hydrogen-bond donors (Lipinski definition) is 1. The number of rotatable bonds is 6. The van der Waals surface area contributed by atoms with E-state index in [2.05, 4.69) is 14.7 Å². The molecule has 8 heteroatoms. The molecular weight excluding hydrogens is 340 g/mol. The summed E-state index contributed by atoms with van der Waals surface area (Å²) in [5.41, 5.74) is 2.96. The van der Waals surface area contributed by atoms with Crippen molar-refractivity contribution in [3.05, 3.63) is 39.9 Å². The fourth-order valence-electron chi connectivity index (χ4n) is 2.83. The van der Waals surface area contributed by atoms with Crippen LogP contribution in [-0.2, 0) is 23.5 Å². The van der Waals surface area contributed by atoms with Crippen molar-refractivity contribution in [2.75, 3.05) is 11.0 Å². The molecule has 2 heterocycles. The molecule has 1 N–H and O–H groups in total. The molecule has 7 nitrogen and oxygen atoms in total. The summed E-state index contributed by atoms with van der Waals surface area (Å²) in [4.78, 5) is 20.5. The summed E-state index contributed by atoms with van der Waals surface area (Å²) in [5, 5.41) is 0. The SMILES string of the molecule is Cc1cc(-c2nc(NS(C)(=O)=O)ncc2CCC2CC2)cn(C)c1=O. The third-order valence-corrected chi connectivity index (χ3v) is 4.85. The zero-order valence-corrected chi connectivity index (χ0v) is 15.4. The van der Waals surface area contributed by atoms with E-state index in [4.69, 9.17) is 0 Å². The van der Waals surface area contributed by atoms with E-state index in [1.807, 2.05) is 0 Å². The monoisotopic (exact) mass is 362 g/mol. The van der Waals surface area contributed by atoms with Gasteiger partial charge in [-0.2, -0.15) is 0 Å². The second-order valence-electron chi connectivity index (χ2n) is 6.75. The average Bonchev–Trinajstić information content (AvgIpc) is 3.33. The van der Waals surface area contributed by atoms with Gasteiger partial charge in [-0.05, 0) is 37.3 Å². The standard InChI is InChI=1S/C17H22N4O3S/c1-11-8-14(10-21(2)16(11)22)15-13(7-6-12-4-5-12)9-18-17(19-15)20-25(3,23)24/h8-10,12H,4-7H2,1-3H3,(H,18,19,20). The predicted octanol–water partition coefficient (Wildman–Crippen LogP) is 1.86. The zero-order chi connectivity index (χ0) is 18.2. The average molecular weight is 362 g/mol. The Balaban J connectivity index is 2.05. The number of sulfonamides is 1. The zero-order valence-electron chi connectivity index (χ0n) is 14.6. The quantitative estimate of drug-likeness (QED) is 0.846. The number of nitrogens with one attached hydrogen (secondary N) is 1. The number of nitrogens with zero attached hydrogens (tertiary/aromatic N) is 3. The predicted molar refractivity (Wildman–Crippen MR) is 97.0 cm³/mol. The lowest BCUT2D eigenvalue weighted by atomic mass is 10.0. The highest BCUT2D eigenvalue weighted by Crippen LogP contribution is 2.34. The maximum Gasteiger partial charge on any atom is 0.253 e. The van der Waals surface area contributed by atoms with Crippen molar-refractivity contribution in [2.45, 2.75) is 32.6 Å². The van der Waals surface area contributed by atoms with E-state index in [-0.39, 0.29) is 11.5 Å². The van der Waals surface area contributed by atoms with Gasteiger partial charge in [0.1, 0.15) is 0 Å². The first-order chi connectivity index (χ1) is 11.7. The number of aryl methyl sites for hydroxylation is 3. The molecular formula is C17H22N4O3S. The molecule has 0 saturated heterocycles. The summed E-state index contributed by atoms with van der Waals surface area (Å²) in [7, 11) is -1.76. The molecule has 1 aliphatic rings. The van der Waals surface area contributed by atoms with E-state index in [1.165, 1.54) is 17.4 Å². The lowest BCUT2D eigenvalue weighted by Crippen LogP contribution is -2.19. The first-order valence-electron chi connectivity index (χ1n) is 8.24.